The third-order valence-corrected chi connectivity index (χ3v) is 6.47. The van der Waals surface area contributed by atoms with Crippen molar-refractivity contribution in [1.29, 1.82) is 0 Å². The zero-order valence-electron chi connectivity index (χ0n) is 11.6. The molecule has 1 aliphatic rings. The van der Waals surface area contributed by atoms with Crippen molar-refractivity contribution in [3.63, 3.8) is 0 Å². The predicted molar refractivity (Wildman–Crippen MR) is 88.9 cm³/mol. The summed E-state index contributed by atoms with van der Waals surface area (Å²) in [6.07, 6.45) is 10.6. The molecule has 1 aromatic rings. The number of nitrogens with zero attached hydrogens (tertiary/aromatic N) is 1. The van der Waals surface area contributed by atoms with Gasteiger partial charge in [-0.15, -0.1) is 0 Å². The van der Waals surface area contributed by atoms with E-state index in [1.165, 1.54) is 32.1 Å². The molecular formula is C14H22BrN3S. The molecule has 2 rings (SSSR count). The van der Waals surface area contributed by atoms with Crippen LogP contribution in [0, 0.1) is 6.92 Å². The van der Waals surface area contributed by atoms with Gasteiger partial charge in [-0.05, 0) is 47.5 Å². The van der Waals surface area contributed by atoms with Crippen LogP contribution < -0.4 is 11.1 Å². The molecule has 1 aromatic heterocycles. The van der Waals surface area contributed by atoms with E-state index in [2.05, 4.69) is 32.5 Å². The molecule has 1 saturated carbocycles. The van der Waals surface area contributed by atoms with E-state index in [0.29, 0.717) is 4.75 Å². The lowest BCUT2D eigenvalue weighted by Crippen LogP contribution is -2.35. The smallest absolute Gasteiger partial charge is 0.140 e. The third kappa shape index (κ3) is 3.37. The summed E-state index contributed by atoms with van der Waals surface area (Å²) in [5.74, 6) is 0.908. The molecule has 1 heterocycles. The van der Waals surface area contributed by atoms with Crippen molar-refractivity contribution in [1.82, 2.24) is 4.98 Å². The summed E-state index contributed by atoms with van der Waals surface area (Å²) < 4.78 is 1.36. The molecule has 0 bridgehead atoms. The quantitative estimate of drug-likeness (QED) is 0.859. The maximum Gasteiger partial charge on any atom is 0.140 e. The molecule has 1 aliphatic carbocycles. The Morgan fingerprint density at radius 3 is 2.74 bits per heavy atom. The fraction of sp³-hybridized carbons (Fsp3) is 0.643. The average molecular weight is 344 g/mol. The van der Waals surface area contributed by atoms with E-state index in [1.807, 2.05) is 18.7 Å². The highest BCUT2D eigenvalue weighted by Crippen LogP contribution is 2.39. The van der Waals surface area contributed by atoms with Gasteiger partial charge in [-0.25, -0.2) is 4.98 Å². The van der Waals surface area contributed by atoms with Crippen LogP contribution >= 0.6 is 27.7 Å². The fourth-order valence-corrected chi connectivity index (χ4v) is 3.99. The van der Waals surface area contributed by atoms with Crippen LogP contribution in [-0.4, -0.2) is 22.5 Å². The Bertz CT molecular complexity index is 445. The monoisotopic (exact) mass is 343 g/mol. The summed E-state index contributed by atoms with van der Waals surface area (Å²) in [5.41, 5.74) is 7.64. The number of nitrogen functional groups attached to an aromatic ring is 1. The molecule has 0 spiro atoms. The first-order valence-corrected chi connectivity index (χ1v) is 8.79. The number of nitrogens with one attached hydrogen (secondary N) is 1. The van der Waals surface area contributed by atoms with Gasteiger partial charge in [0.1, 0.15) is 5.82 Å². The second-order valence-electron chi connectivity index (χ2n) is 5.30. The highest BCUT2D eigenvalue weighted by molar-refractivity contribution is 9.10. The van der Waals surface area contributed by atoms with Crippen molar-refractivity contribution in [2.24, 2.45) is 0 Å². The van der Waals surface area contributed by atoms with Crippen LogP contribution in [0.1, 0.15) is 37.7 Å². The van der Waals surface area contributed by atoms with E-state index in [0.717, 1.165) is 28.1 Å². The van der Waals surface area contributed by atoms with Crippen molar-refractivity contribution < 1.29 is 0 Å². The van der Waals surface area contributed by atoms with Crippen LogP contribution in [0.4, 0.5) is 11.5 Å². The van der Waals surface area contributed by atoms with Gasteiger partial charge >= 0.3 is 0 Å². The topological polar surface area (TPSA) is 50.9 Å². The first-order valence-electron chi connectivity index (χ1n) is 6.77. The molecule has 0 radical (unpaired) electrons. The summed E-state index contributed by atoms with van der Waals surface area (Å²) in [5, 5.41) is 3.51. The molecule has 0 saturated heterocycles. The van der Waals surface area contributed by atoms with Crippen LogP contribution in [-0.2, 0) is 0 Å². The third-order valence-electron chi connectivity index (χ3n) is 4.08. The molecule has 1 fully saturated rings. The lowest BCUT2D eigenvalue weighted by atomic mass is 9.88. The van der Waals surface area contributed by atoms with Crippen molar-refractivity contribution in [3.05, 3.63) is 16.2 Å². The minimum absolute atomic E-state index is 0.370. The number of halogens is 1. The molecular weight excluding hydrogens is 322 g/mol. The molecule has 0 aliphatic heterocycles. The van der Waals surface area contributed by atoms with Crippen LogP contribution in [0.3, 0.4) is 0 Å². The van der Waals surface area contributed by atoms with E-state index >= 15 is 0 Å². The molecule has 19 heavy (non-hydrogen) atoms. The van der Waals surface area contributed by atoms with E-state index in [1.54, 1.807) is 6.20 Å². The highest BCUT2D eigenvalue weighted by atomic mass is 79.9. The summed E-state index contributed by atoms with van der Waals surface area (Å²) in [4.78, 5) is 4.40. The van der Waals surface area contributed by atoms with E-state index < -0.39 is 0 Å². The predicted octanol–water partition coefficient (Wildman–Crippen LogP) is 4.21. The van der Waals surface area contributed by atoms with Gasteiger partial charge in [0, 0.05) is 11.3 Å². The molecule has 106 valence electrons. The molecule has 0 amide bonds. The minimum Gasteiger partial charge on any atom is -0.397 e. The summed E-state index contributed by atoms with van der Waals surface area (Å²) >= 11 is 5.58. The Morgan fingerprint density at radius 1 is 1.42 bits per heavy atom. The summed E-state index contributed by atoms with van der Waals surface area (Å²) in [6, 6.07) is 0. The van der Waals surface area contributed by atoms with Crippen molar-refractivity contribution in [2.75, 3.05) is 23.9 Å². The number of hydrogen-bond donors (Lipinski definition) is 2. The van der Waals surface area contributed by atoms with Crippen molar-refractivity contribution in [3.8, 4) is 0 Å². The first kappa shape index (κ1) is 15.0. The maximum atomic E-state index is 5.86. The van der Waals surface area contributed by atoms with E-state index in [9.17, 15) is 0 Å². The molecule has 3 N–H and O–H groups in total. The van der Waals surface area contributed by atoms with Gasteiger partial charge in [0.15, 0.2) is 0 Å². The lowest BCUT2D eigenvalue weighted by molar-refractivity contribution is 0.411. The molecule has 0 atom stereocenters. The number of hydrogen-bond acceptors (Lipinski definition) is 4. The Hall–Kier alpha value is -0.420. The standard InChI is InChI=1S/C14H22BrN3S/c1-10-11(16)8-17-13(12(10)15)18-9-14(19-2)6-4-3-5-7-14/h8H,3-7,9,16H2,1-2H3,(H,17,18). The SMILES string of the molecule is CSC1(CNc2ncc(N)c(C)c2Br)CCCCC1. The summed E-state index contributed by atoms with van der Waals surface area (Å²) in [6.45, 7) is 2.99. The number of nitrogens with two attached hydrogens (primary N) is 1. The van der Waals surface area contributed by atoms with Gasteiger partial charge in [0.25, 0.3) is 0 Å². The second kappa shape index (κ2) is 6.35. The van der Waals surface area contributed by atoms with Crippen molar-refractivity contribution in [2.45, 2.75) is 43.8 Å². The fourth-order valence-electron chi connectivity index (χ4n) is 2.61. The second-order valence-corrected chi connectivity index (χ2v) is 7.37. The molecule has 3 nitrogen and oxygen atoms in total. The minimum atomic E-state index is 0.370. The van der Waals surface area contributed by atoms with Crippen molar-refractivity contribution >= 4 is 39.2 Å². The van der Waals surface area contributed by atoms with Crippen LogP contribution in [0.5, 0.6) is 0 Å². The number of thioether (sulfide) groups is 1. The zero-order valence-corrected chi connectivity index (χ0v) is 14.0. The molecule has 5 heteroatoms. The van der Waals surface area contributed by atoms with Gasteiger partial charge in [-0.2, -0.15) is 11.8 Å². The van der Waals surface area contributed by atoms with Gasteiger partial charge in [-0.1, -0.05) is 19.3 Å². The maximum absolute atomic E-state index is 5.86. The molecule has 0 aromatic carbocycles. The largest absolute Gasteiger partial charge is 0.397 e. The number of anilines is 2. The number of pyridine rings is 1. The highest BCUT2D eigenvalue weighted by Gasteiger charge is 2.31. The van der Waals surface area contributed by atoms with Crippen LogP contribution in [0.25, 0.3) is 0 Å². The summed E-state index contributed by atoms with van der Waals surface area (Å²) in [7, 11) is 0. The van der Waals surface area contributed by atoms with Gasteiger partial charge < -0.3 is 11.1 Å². The number of aromatic nitrogens is 1. The van der Waals surface area contributed by atoms with Gasteiger partial charge in [0.2, 0.25) is 0 Å². The number of rotatable bonds is 4. The first-order chi connectivity index (χ1) is 9.08. The Labute approximate surface area is 128 Å². The Balaban J connectivity index is 2.07. The Kier molecular flexibility index (Phi) is 5.01. The lowest BCUT2D eigenvalue weighted by Gasteiger charge is -2.36. The average Bonchev–Trinajstić information content (AvgIpc) is 2.45. The van der Waals surface area contributed by atoms with E-state index in [4.69, 9.17) is 5.73 Å². The Morgan fingerprint density at radius 2 is 2.11 bits per heavy atom. The van der Waals surface area contributed by atoms with Gasteiger partial charge in [0.05, 0.1) is 16.4 Å². The van der Waals surface area contributed by atoms with Gasteiger partial charge in [-0.3, -0.25) is 0 Å². The van der Waals surface area contributed by atoms with E-state index in [-0.39, 0.29) is 0 Å². The molecule has 0 unspecified atom stereocenters. The van der Waals surface area contributed by atoms with Crippen LogP contribution in [0.15, 0.2) is 10.7 Å². The van der Waals surface area contributed by atoms with Crippen LogP contribution in [0.2, 0.25) is 0 Å². The zero-order chi connectivity index (χ0) is 13.9. The normalized spacial score (nSPS) is 18.3.